The normalized spacial score (nSPS) is 14.4. The minimum atomic E-state index is -0.624. The molecular formula is C11H20O4. The first-order valence-electron chi connectivity index (χ1n) is 5.11. The van der Waals surface area contributed by atoms with Crippen LogP contribution in [0.15, 0.2) is 12.2 Å². The van der Waals surface area contributed by atoms with E-state index in [-0.39, 0.29) is 6.29 Å². The highest BCUT2D eigenvalue weighted by molar-refractivity contribution is 5.86. The molecular weight excluding hydrogens is 196 g/mol. The monoisotopic (exact) mass is 216 g/mol. The number of rotatable bonds is 7. The lowest BCUT2D eigenvalue weighted by molar-refractivity contribution is -0.226. The van der Waals surface area contributed by atoms with Crippen molar-refractivity contribution in [2.45, 2.75) is 46.7 Å². The Morgan fingerprint density at radius 3 is 2.40 bits per heavy atom. The molecule has 0 aliphatic heterocycles. The fourth-order valence-corrected chi connectivity index (χ4v) is 0.872. The molecule has 0 aliphatic carbocycles. The third-order valence-electron chi connectivity index (χ3n) is 1.56. The zero-order valence-electron chi connectivity index (χ0n) is 9.91. The third kappa shape index (κ3) is 7.11. The molecule has 2 unspecified atom stereocenters. The van der Waals surface area contributed by atoms with Crippen molar-refractivity contribution in [1.29, 1.82) is 0 Å². The van der Waals surface area contributed by atoms with Gasteiger partial charge in [0.1, 0.15) is 0 Å². The molecule has 0 bridgehead atoms. The summed E-state index contributed by atoms with van der Waals surface area (Å²) in [6.07, 6.45) is -0.0768. The molecule has 4 heteroatoms. The highest BCUT2D eigenvalue weighted by Gasteiger charge is 2.13. The summed E-state index contributed by atoms with van der Waals surface area (Å²) in [7, 11) is 0. The second-order valence-corrected chi connectivity index (χ2v) is 3.33. The zero-order chi connectivity index (χ0) is 11.8. The molecule has 0 aromatic rings. The minimum absolute atomic E-state index is 0.354. The Morgan fingerprint density at radius 1 is 1.33 bits per heavy atom. The lowest BCUT2D eigenvalue weighted by Crippen LogP contribution is -2.25. The summed E-state index contributed by atoms with van der Waals surface area (Å²) < 4.78 is 15.5. The predicted octanol–water partition coefficient (Wildman–Crippen LogP) is 2.24. The molecule has 0 amide bonds. The van der Waals surface area contributed by atoms with E-state index in [2.05, 4.69) is 6.58 Å². The molecule has 88 valence electrons. The lowest BCUT2D eigenvalue weighted by Gasteiger charge is -2.19. The molecule has 15 heavy (non-hydrogen) atoms. The van der Waals surface area contributed by atoms with Crippen LogP contribution in [0.25, 0.3) is 0 Å². The van der Waals surface area contributed by atoms with Gasteiger partial charge in [0.05, 0.1) is 0 Å². The largest absolute Gasteiger partial charge is 0.433 e. The number of hydrogen-bond acceptors (Lipinski definition) is 4. The maximum absolute atomic E-state index is 11.1. The summed E-state index contributed by atoms with van der Waals surface area (Å²) in [6, 6.07) is 0. The van der Waals surface area contributed by atoms with Crippen LogP contribution in [-0.4, -0.2) is 25.2 Å². The van der Waals surface area contributed by atoms with Crippen molar-refractivity contribution in [1.82, 2.24) is 0 Å². The van der Waals surface area contributed by atoms with Crippen LogP contribution >= 0.6 is 0 Å². The Balaban J connectivity index is 3.77. The summed E-state index contributed by atoms with van der Waals surface area (Å²) in [6.45, 7) is 11.1. The van der Waals surface area contributed by atoms with Crippen LogP contribution in [0.3, 0.4) is 0 Å². The van der Waals surface area contributed by atoms with Crippen LogP contribution in [0.4, 0.5) is 0 Å². The summed E-state index contributed by atoms with van der Waals surface area (Å²) in [5.41, 5.74) is 0.354. The first-order chi connectivity index (χ1) is 6.97. The van der Waals surface area contributed by atoms with E-state index in [0.717, 1.165) is 6.42 Å². The molecule has 0 aromatic heterocycles. The van der Waals surface area contributed by atoms with Crippen LogP contribution < -0.4 is 0 Å². The number of ether oxygens (including phenoxy) is 3. The fraction of sp³-hybridized carbons (Fsp3) is 0.727. The molecule has 0 aromatic carbocycles. The average Bonchev–Trinajstić information content (AvgIpc) is 2.14. The molecule has 0 saturated carbocycles. The number of esters is 1. The molecule has 0 N–H and O–H groups in total. The van der Waals surface area contributed by atoms with E-state index in [9.17, 15) is 4.79 Å². The van der Waals surface area contributed by atoms with Crippen molar-refractivity contribution in [2.24, 2.45) is 0 Å². The van der Waals surface area contributed by atoms with Gasteiger partial charge in [-0.1, -0.05) is 13.5 Å². The van der Waals surface area contributed by atoms with E-state index < -0.39 is 12.3 Å². The van der Waals surface area contributed by atoms with Crippen LogP contribution in [0.1, 0.15) is 34.1 Å². The van der Waals surface area contributed by atoms with E-state index in [1.807, 2.05) is 6.92 Å². The Labute approximate surface area is 91.2 Å². The van der Waals surface area contributed by atoms with Gasteiger partial charge in [0.25, 0.3) is 0 Å². The summed E-state index contributed by atoms with van der Waals surface area (Å²) in [5, 5.41) is 0. The SMILES string of the molecule is C=C(C)C(=O)OC(C)OC(C)OCCC. The van der Waals surface area contributed by atoms with E-state index in [4.69, 9.17) is 14.2 Å². The molecule has 0 radical (unpaired) electrons. The Kier molecular flexibility index (Phi) is 6.99. The highest BCUT2D eigenvalue weighted by Crippen LogP contribution is 2.04. The average molecular weight is 216 g/mol. The van der Waals surface area contributed by atoms with Gasteiger partial charge in [-0.2, -0.15) is 0 Å². The van der Waals surface area contributed by atoms with Crippen molar-refractivity contribution >= 4 is 5.97 Å². The van der Waals surface area contributed by atoms with Gasteiger partial charge in [0.2, 0.25) is 6.29 Å². The van der Waals surface area contributed by atoms with Crippen molar-refractivity contribution in [3.05, 3.63) is 12.2 Å². The van der Waals surface area contributed by atoms with Gasteiger partial charge >= 0.3 is 5.97 Å². The van der Waals surface area contributed by atoms with Gasteiger partial charge in [-0.3, -0.25) is 0 Å². The predicted molar refractivity (Wildman–Crippen MR) is 57.2 cm³/mol. The van der Waals surface area contributed by atoms with Crippen LogP contribution in [0.2, 0.25) is 0 Å². The molecule has 0 fully saturated rings. The Hall–Kier alpha value is -0.870. The number of hydrogen-bond donors (Lipinski definition) is 0. The first-order valence-corrected chi connectivity index (χ1v) is 5.11. The molecule has 0 heterocycles. The van der Waals surface area contributed by atoms with E-state index in [1.165, 1.54) is 0 Å². The summed E-state index contributed by atoms with van der Waals surface area (Å²) >= 11 is 0. The molecule has 0 aliphatic rings. The Morgan fingerprint density at radius 2 is 1.93 bits per heavy atom. The summed E-state index contributed by atoms with van der Waals surface area (Å²) in [5.74, 6) is -0.454. The standard InChI is InChI=1S/C11H20O4/c1-6-7-13-9(4)14-10(5)15-11(12)8(2)3/h9-10H,2,6-7H2,1,3-5H3. The zero-order valence-corrected chi connectivity index (χ0v) is 9.91. The first kappa shape index (κ1) is 14.1. The summed E-state index contributed by atoms with van der Waals surface area (Å²) in [4.78, 5) is 11.1. The van der Waals surface area contributed by atoms with E-state index >= 15 is 0 Å². The van der Waals surface area contributed by atoms with E-state index in [1.54, 1.807) is 20.8 Å². The Bertz CT molecular complexity index is 213. The van der Waals surface area contributed by atoms with Crippen molar-refractivity contribution in [3.63, 3.8) is 0 Å². The van der Waals surface area contributed by atoms with Crippen molar-refractivity contribution < 1.29 is 19.0 Å². The second kappa shape index (κ2) is 7.43. The van der Waals surface area contributed by atoms with Gasteiger partial charge in [0.15, 0.2) is 6.29 Å². The van der Waals surface area contributed by atoms with Crippen LogP contribution in [0, 0.1) is 0 Å². The topological polar surface area (TPSA) is 44.8 Å². The van der Waals surface area contributed by atoms with Gasteiger partial charge in [-0.05, 0) is 27.2 Å². The molecule has 2 atom stereocenters. The molecule has 0 rings (SSSR count). The van der Waals surface area contributed by atoms with Crippen LogP contribution in [0.5, 0.6) is 0 Å². The number of carbonyl (C=O) groups is 1. The van der Waals surface area contributed by atoms with Crippen molar-refractivity contribution in [2.75, 3.05) is 6.61 Å². The molecule has 0 saturated heterocycles. The highest BCUT2D eigenvalue weighted by atomic mass is 16.8. The van der Waals surface area contributed by atoms with Gasteiger partial charge in [0, 0.05) is 12.2 Å². The van der Waals surface area contributed by atoms with Gasteiger partial charge in [-0.15, -0.1) is 0 Å². The molecule has 0 spiro atoms. The quantitative estimate of drug-likeness (QED) is 0.372. The van der Waals surface area contributed by atoms with E-state index in [0.29, 0.717) is 12.2 Å². The second-order valence-electron chi connectivity index (χ2n) is 3.33. The number of carbonyl (C=O) groups excluding carboxylic acids is 1. The maximum Gasteiger partial charge on any atom is 0.335 e. The van der Waals surface area contributed by atoms with Gasteiger partial charge in [-0.25, -0.2) is 4.79 Å². The maximum atomic E-state index is 11.1. The lowest BCUT2D eigenvalue weighted by atomic mass is 10.4. The minimum Gasteiger partial charge on any atom is -0.433 e. The third-order valence-corrected chi connectivity index (χ3v) is 1.56. The fourth-order valence-electron chi connectivity index (χ4n) is 0.872. The van der Waals surface area contributed by atoms with Crippen LogP contribution in [-0.2, 0) is 19.0 Å². The molecule has 4 nitrogen and oxygen atoms in total. The van der Waals surface area contributed by atoms with Gasteiger partial charge < -0.3 is 14.2 Å². The smallest absolute Gasteiger partial charge is 0.335 e. The van der Waals surface area contributed by atoms with Crippen molar-refractivity contribution in [3.8, 4) is 0 Å².